The summed E-state index contributed by atoms with van der Waals surface area (Å²) >= 11 is 0. The van der Waals surface area contributed by atoms with Crippen LogP contribution in [0.3, 0.4) is 0 Å². The first-order valence-corrected chi connectivity index (χ1v) is 6.01. The average Bonchev–Trinajstić information content (AvgIpc) is 2.40. The van der Waals surface area contributed by atoms with Crippen LogP contribution in [0.25, 0.3) is 0 Å². The summed E-state index contributed by atoms with van der Waals surface area (Å²) < 4.78 is 48.2. The molecule has 8 heteroatoms. The summed E-state index contributed by atoms with van der Waals surface area (Å²) in [5, 5.41) is 0. The van der Waals surface area contributed by atoms with Gasteiger partial charge in [-0.05, 0) is 31.2 Å². The Bertz CT molecular complexity index is 615. The molecule has 0 amide bonds. The lowest BCUT2D eigenvalue weighted by Crippen LogP contribution is -2.12. The summed E-state index contributed by atoms with van der Waals surface area (Å²) in [5.74, 6) is -1.01. The highest BCUT2D eigenvalue weighted by Gasteiger charge is 2.35. The van der Waals surface area contributed by atoms with Gasteiger partial charge >= 0.3 is 6.18 Å². The maximum absolute atomic E-state index is 12.6. The fraction of sp³-hybridized carbons (Fsp3) is 0.231. The van der Waals surface area contributed by atoms with E-state index in [1.807, 2.05) is 6.92 Å². The zero-order valence-electron chi connectivity index (χ0n) is 11.0. The van der Waals surface area contributed by atoms with Crippen molar-refractivity contribution in [2.24, 2.45) is 0 Å². The van der Waals surface area contributed by atoms with Gasteiger partial charge in [-0.15, -0.1) is 0 Å². The van der Waals surface area contributed by atoms with E-state index in [2.05, 4.69) is 9.97 Å². The van der Waals surface area contributed by atoms with Crippen LogP contribution in [0.2, 0.25) is 0 Å². The molecule has 0 atom stereocenters. The topological polar surface area (TPSA) is 70.3 Å². The number of nitrogens with zero attached hydrogens (tertiary/aromatic N) is 2. The molecule has 0 radical (unpaired) electrons. The Kier molecular flexibility index (Phi) is 4.15. The van der Waals surface area contributed by atoms with Gasteiger partial charge in [0.1, 0.15) is 17.3 Å². The van der Waals surface area contributed by atoms with Crippen molar-refractivity contribution in [2.75, 3.05) is 12.3 Å². The molecule has 0 spiro atoms. The van der Waals surface area contributed by atoms with Crippen molar-refractivity contribution >= 4 is 5.82 Å². The molecule has 0 saturated carbocycles. The molecule has 112 valence electrons. The van der Waals surface area contributed by atoms with Crippen LogP contribution in [0, 0.1) is 0 Å². The smallest absolute Gasteiger partial charge is 0.451 e. The van der Waals surface area contributed by atoms with Crippen molar-refractivity contribution in [3.05, 3.63) is 36.2 Å². The van der Waals surface area contributed by atoms with E-state index in [0.29, 0.717) is 18.1 Å². The Morgan fingerprint density at radius 1 is 1.10 bits per heavy atom. The molecule has 2 aromatic rings. The summed E-state index contributed by atoms with van der Waals surface area (Å²) in [6.45, 7) is 2.35. The highest BCUT2D eigenvalue weighted by atomic mass is 19.4. The molecule has 0 aliphatic carbocycles. The second-order valence-electron chi connectivity index (χ2n) is 3.96. The minimum atomic E-state index is -4.69. The number of hydrogen-bond acceptors (Lipinski definition) is 5. The molecule has 21 heavy (non-hydrogen) atoms. The minimum Gasteiger partial charge on any atom is -0.494 e. The summed E-state index contributed by atoms with van der Waals surface area (Å²) in [6, 6.07) is 7.49. The number of rotatable bonds is 4. The lowest BCUT2D eigenvalue weighted by atomic mass is 10.3. The molecule has 0 saturated heterocycles. The first-order chi connectivity index (χ1) is 9.88. The van der Waals surface area contributed by atoms with Gasteiger partial charge in [0.25, 0.3) is 0 Å². The lowest BCUT2D eigenvalue weighted by molar-refractivity contribution is -0.145. The van der Waals surface area contributed by atoms with E-state index < -0.39 is 12.0 Å². The Balaban J connectivity index is 2.21. The van der Waals surface area contributed by atoms with Crippen molar-refractivity contribution in [1.29, 1.82) is 0 Å². The summed E-state index contributed by atoms with van der Waals surface area (Å²) in [6.07, 6.45) is -4.69. The average molecular weight is 299 g/mol. The van der Waals surface area contributed by atoms with Crippen LogP contribution in [0.15, 0.2) is 30.3 Å². The number of nitrogens with two attached hydrogens (primary N) is 1. The quantitative estimate of drug-likeness (QED) is 0.938. The SMILES string of the molecule is CCOc1ccc(Oc2cc(N)nc(C(F)(F)F)n2)cc1. The third kappa shape index (κ3) is 3.98. The number of hydrogen-bond donors (Lipinski definition) is 1. The van der Waals surface area contributed by atoms with Crippen molar-refractivity contribution < 1.29 is 22.6 Å². The third-order valence-corrected chi connectivity index (χ3v) is 2.33. The number of aromatic nitrogens is 2. The summed E-state index contributed by atoms with van der Waals surface area (Å²) in [7, 11) is 0. The van der Waals surface area contributed by atoms with Gasteiger partial charge in [0.05, 0.1) is 6.61 Å². The summed E-state index contributed by atoms with van der Waals surface area (Å²) in [5.41, 5.74) is 5.32. The van der Waals surface area contributed by atoms with E-state index in [4.69, 9.17) is 15.2 Å². The normalized spacial score (nSPS) is 11.2. The van der Waals surface area contributed by atoms with E-state index in [1.165, 1.54) is 0 Å². The zero-order valence-corrected chi connectivity index (χ0v) is 11.0. The molecule has 0 unspecified atom stereocenters. The number of alkyl halides is 3. The van der Waals surface area contributed by atoms with Crippen LogP contribution in [-0.4, -0.2) is 16.6 Å². The van der Waals surface area contributed by atoms with E-state index in [1.54, 1.807) is 24.3 Å². The van der Waals surface area contributed by atoms with E-state index in [-0.39, 0.29) is 11.7 Å². The maximum Gasteiger partial charge on any atom is 0.451 e. The molecule has 0 aliphatic heterocycles. The van der Waals surface area contributed by atoms with E-state index >= 15 is 0 Å². The first kappa shape index (κ1) is 14.9. The molecule has 0 bridgehead atoms. The van der Waals surface area contributed by atoms with Gasteiger partial charge in [-0.1, -0.05) is 0 Å². The number of halogens is 3. The van der Waals surface area contributed by atoms with Gasteiger partial charge < -0.3 is 15.2 Å². The van der Waals surface area contributed by atoms with Gasteiger partial charge in [0.15, 0.2) is 0 Å². The molecule has 1 aromatic carbocycles. The monoisotopic (exact) mass is 299 g/mol. The molecule has 0 fully saturated rings. The molecule has 2 N–H and O–H groups in total. The van der Waals surface area contributed by atoms with Crippen molar-refractivity contribution in [3.63, 3.8) is 0 Å². The number of benzene rings is 1. The Morgan fingerprint density at radius 3 is 2.29 bits per heavy atom. The van der Waals surface area contributed by atoms with Crippen molar-refractivity contribution in [3.8, 4) is 17.4 Å². The second-order valence-corrected chi connectivity index (χ2v) is 3.96. The first-order valence-electron chi connectivity index (χ1n) is 6.01. The number of nitrogen functional groups attached to an aromatic ring is 1. The lowest BCUT2D eigenvalue weighted by Gasteiger charge is -2.10. The zero-order chi connectivity index (χ0) is 15.5. The Morgan fingerprint density at radius 2 is 1.71 bits per heavy atom. The largest absolute Gasteiger partial charge is 0.494 e. The van der Waals surface area contributed by atoms with Crippen LogP contribution >= 0.6 is 0 Å². The number of ether oxygens (including phenoxy) is 2. The van der Waals surface area contributed by atoms with E-state index in [0.717, 1.165) is 6.07 Å². The van der Waals surface area contributed by atoms with Gasteiger partial charge in [-0.3, -0.25) is 0 Å². The molecular formula is C13H12F3N3O2. The Hall–Kier alpha value is -2.51. The predicted octanol–water partition coefficient (Wildman–Crippen LogP) is 3.27. The second kappa shape index (κ2) is 5.86. The van der Waals surface area contributed by atoms with Crippen LogP contribution in [0.1, 0.15) is 12.7 Å². The standard InChI is InChI=1S/C13H12F3N3O2/c1-2-20-8-3-5-9(6-4-8)21-11-7-10(17)18-12(19-11)13(14,15)16/h3-7H,2H2,1H3,(H2,17,18,19). The van der Waals surface area contributed by atoms with Crippen LogP contribution in [0.5, 0.6) is 17.4 Å². The highest BCUT2D eigenvalue weighted by molar-refractivity contribution is 5.37. The van der Waals surface area contributed by atoms with Crippen LogP contribution in [0.4, 0.5) is 19.0 Å². The molecule has 5 nitrogen and oxygen atoms in total. The molecule has 1 heterocycles. The van der Waals surface area contributed by atoms with Gasteiger partial charge in [-0.2, -0.15) is 18.2 Å². The summed E-state index contributed by atoms with van der Waals surface area (Å²) in [4.78, 5) is 6.42. The number of anilines is 1. The highest BCUT2D eigenvalue weighted by Crippen LogP contribution is 2.30. The van der Waals surface area contributed by atoms with Crippen molar-refractivity contribution in [1.82, 2.24) is 9.97 Å². The molecule has 1 aromatic heterocycles. The van der Waals surface area contributed by atoms with Crippen LogP contribution in [-0.2, 0) is 6.18 Å². The Labute approximate surface area is 118 Å². The van der Waals surface area contributed by atoms with E-state index in [9.17, 15) is 13.2 Å². The van der Waals surface area contributed by atoms with Gasteiger partial charge in [-0.25, -0.2) is 4.98 Å². The fourth-order valence-electron chi connectivity index (χ4n) is 1.51. The maximum atomic E-state index is 12.6. The van der Waals surface area contributed by atoms with Crippen molar-refractivity contribution in [2.45, 2.75) is 13.1 Å². The third-order valence-electron chi connectivity index (χ3n) is 2.33. The molecular weight excluding hydrogens is 287 g/mol. The molecule has 0 aliphatic rings. The van der Waals surface area contributed by atoms with Crippen LogP contribution < -0.4 is 15.2 Å². The fourth-order valence-corrected chi connectivity index (χ4v) is 1.51. The van der Waals surface area contributed by atoms with Gasteiger partial charge in [0.2, 0.25) is 11.7 Å². The minimum absolute atomic E-state index is 0.279. The molecule has 2 rings (SSSR count). The van der Waals surface area contributed by atoms with Gasteiger partial charge in [0, 0.05) is 6.07 Å². The predicted molar refractivity (Wildman–Crippen MR) is 69.1 cm³/mol.